The van der Waals surface area contributed by atoms with Crippen LogP contribution < -0.4 is 5.73 Å². The van der Waals surface area contributed by atoms with Gasteiger partial charge in [-0.05, 0) is 50.3 Å². The van der Waals surface area contributed by atoms with Gasteiger partial charge in [-0.15, -0.1) is 0 Å². The highest BCUT2D eigenvalue weighted by Crippen LogP contribution is 2.37. The fourth-order valence-electron chi connectivity index (χ4n) is 3.35. The molecule has 1 saturated carbocycles. The monoisotopic (exact) mass is 279 g/mol. The smallest absolute Gasteiger partial charge is 0.141 e. The van der Waals surface area contributed by atoms with Crippen molar-refractivity contribution < 1.29 is 4.39 Å². The van der Waals surface area contributed by atoms with E-state index in [9.17, 15) is 4.39 Å². The Labute approximate surface area is 121 Å². The molecule has 2 N–H and O–H groups in total. The average molecular weight is 279 g/mol. The van der Waals surface area contributed by atoms with Gasteiger partial charge in [0.2, 0.25) is 0 Å². The molecular weight excluding hydrogens is 253 g/mol. The molecule has 0 aliphatic heterocycles. The summed E-state index contributed by atoms with van der Waals surface area (Å²) in [5.41, 5.74) is 7.06. The fourth-order valence-corrected chi connectivity index (χ4v) is 3.35. The van der Waals surface area contributed by atoms with Crippen molar-refractivity contribution in [3.63, 3.8) is 0 Å². The minimum absolute atomic E-state index is 0.0674. The van der Waals surface area contributed by atoms with Crippen molar-refractivity contribution in [3.8, 4) is 0 Å². The summed E-state index contributed by atoms with van der Waals surface area (Å²) in [6.45, 7) is 3.64. The average Bonchev–Trinajstić information content (AvgIpc) is 2.47. The summed E-state index contributed by atoms with van der Waals surface area (Å²) in [6.07, 6.45) is 9.02. The second-order valence-electron chi connectivity index (χ2n) is 6.15. The van der Waals surface area contributed by atoms with Gasteiger partial charge in [0.1, 0.15) is 5.82 Å². The Morgan fingerprint density at radius 2 is 2.10 bits per heavy atom. The van der Waals surface area contributed by atoms with E-state index in [1.165, 1.54) is 25.5 Å². The van der Waals surface area contributed by atoms with Gasteiger partial charge in [0.05, 0.1) is 6.20 Å². The number of hydrogen-bond acceptors (Lipinski definition) is 3. The molecule has 112 valence electrons. The zero-order valence-corrected chi connectivity index (χ0v) is 12.6. The van der Waals surface area contributed by atoms with E-state index in [0.717, 1.165) is 24.3 Å². The maximum Gasteiger partial charge on any atom is 0.141 e. The van der Waals surface area contributed by atoms with E-state index < -0.39 is 0 Å². The molecule has 0 aromatic carbocycles. The Bertz CT molecular complexity index is 427. The first-order chi connectivity index (χ1) is 9.59. The van der Waals surface area contributed by atoms with Crippen LogP contribution in [0.2, 0.25) is 0 Å². The second-order valence-corrected chi connectivity index (χ2v) is 6.15. The van der Waals surface area contributed by atoms with E-state index in [0.29, 0.717) is 13.1 Å². The highest BCUT2D eigenvalue weighted by molar-refractivity contribution is 5.11. The molecule has 3 nitrogen and oxygen atoms in total. The zero-order chi connectivity index (χ0) is 14.6. The molecule has 0 atom stereocenters. The Morgan fingerprint density at radius 1 is 1.40 bits per heavy atom. The Balaban J connectivity index is 2.04. The van der Waals surface area contributed by atoms with Crippen molar-refractivity contribution in [1.82, 2.24) is 9.88 Å². The third-order valence-corrected chi connectivity index (χ3v) is 4.98. The van der Waals surface area contributed by atoms with Crippen LogP contribution in [0.15, 0.2) is 18.5 Å². The van der Waals surface area contributed by atoms with E-state index in [-0.39, 0.29) is 11.4 Å². The van der Waals surface area contributed by atoms with Gasteiger partial charge < -0.3 is 5.73 Å². The predicted octanol–water partition coefficient (Wildman–Crippen LogP) is 2.95. The van der Waals surface area contributed by atoms with Gasteiger partial charge in [-0.3, -0.25) is 9.88 Å². The quantitative estimate of drug-likeness (QED) is 0.901. The van der Waals surface area contributed by atoms with Gasteiger partial charge in [0.25, 0.3) is 0 Å². The molecule has 1 fully saturated rings. The summed E-state index contributed by atoms with van der Waals surface area (Å²) in [7, 11) is 2.10. The molecule has 2 rings (SSSR count). The van der Waals surface area contributed by atoms with Gasteiger partial charge in [-0.2, -0.15) is 0 Å². The van der Waals surface area contributed by atoms with Crippen LogP contribution in [-0.2, 0) is 6.54 Å². The van der Waals surface area contributed by atoms with Gasteiger partial charge in [-0.25, -0.2) is 4.39 Å². The zero-order valence-electron chi connectivity index (χ0n) is 12.6. The van der Waals surface area contributed by atoms with Gasteiger partial charge in [0.15, 0.2) is 0 Å². The van der Waals surface area contributed by atoms with Crippen LogP contribution in [0.3, 0.4) is 0 Å². The first-order valence-corrected chi connectivity index (χ1v) is 7.60. The van der Waals surface area contributed by atoms with Crippen LogP contribution in [0, 0.1) is 11.7 Å². The molecule has 1 aromatic heterocycles. The van der Waals surface area contributed by atoms with E-state index >= 15 is 0 Å². The predicted molar refractivity (Wildman–Crippen MR) is 79.7 cm³/mol. The van der Waals surface area contributed by atoms with Crippen molar-refractivity contribution in [2.24, 2.45) is 11.7 Å². The van der Waals surface area contributed by atoms with Crippen LogP contribution >= 0.6 is 0 Å². The maximum atomic E-state index is 13.2. The number of rotatable bonds is 5. The molecule has 0 saturated heterocycles. The van der Waals surface area contributed by atoms with Gasteiger partial charge in [-0.1, -0.05) is 13.3 Å². The minimum atomic E-state index is -0.271. The molecule has 0 bridgehead atoms. The summed E-state index contributed by atoms with van der Waals surface area (Å²) >= 11 is 0. The summed E-state index contributed by atoms with van der Waals surface area (Å²) in [4.78, 5) is 6.22. The lowest BCUT2D eigenvalue weighted by Gasteiger charge is -2.46. The van der Waals surface area contributed by atoms with Gasteiger partial charge >= 0.3 is 0 Å². The lowest BCUT2D eigenvalue weighted by molar-refractivity contribution is 0.0578. The molecule has 0 unspecified atom stereocenters. The number of hydrogen-bond donors (Lipinski definition) is 1. The molecule has 0 radical (unpaired) electrons. The van der Waals surface area contributed by atoms with Crippen molar-refractivity contribution >= 4 is 0 Å². The van der Waals surface area contributed by atoms with E-state index in [2.05, 4.69) is 23.9 Å². The summed E-state index contributed by atoms with van der Waals surface area (Å²) in [6, 6.07) is 1.56. The molecule has 1 aromatic rings. The minimum Gasteiger partial charge on any atom is -0.329 e. The topological polar surface area (TPSA) is 42.1 Å². The SMILES string of the molecule is CCC1CCC(CN)(N(C)Cc2cncc(F)c2)CC1. The van der Waals surface area contributed by atoms with Crippen molar-refractivity contribution in [2.45, 2.75) is 51.1 Å². The van der Waals surface area contributed by atoms with E-state index in [1.54, 1.807) is 12.3 Å². The number of nitrogens with two attached hydrogens (primary N) is 1. The molecule has 1 aliphatic rings. The Kier molecular flexibility index (Phi) is 5.11. The third-order valence-electron chi connectivity index (χ3n) is 4.98. The Morgan fingerprint density at radius 3 is 2.65 bits per heavy atom. The fraction of sp³-hybridized carbons (Fsp3) is 0.688. The molecule has 1 heterocycles. The second kappa shape index (κ2) is 6.64. The third kappa shape index (κ3) is 3.36. The lowest BCUT2D eigenvalue weighted by atomic mass is 9.74. The summed E-state index contributed by atoms with van der Waals surface area (Å²) < 4.78 is 13.2. The molecule has 20 heavy (non-hydrogen) atoms. The number of nitrogens with zero attached hydrogens (tertiary/aromatic N) is 2. The first kappa shape index (κ1) is 15.4. The van der Waals surface area contributed by atoms with Gasteiger partial charge in [0, 0.05) is 24.8 Å². The summed E-state index contributed by atoms with van der Waals surface area (Å²) in [5, 5.41) is 0. The van der Waals surface area contributed by atoms with Crippen molar-refractivity contribution in [1.29, 1.82) is 0 Å². The standard InChI is InChI=1S/C16H26FN3/c1-3-13-4-6-16(12-18,7-5-13)20(2)11-14-8-15(17)10-19-9-14/h8-10,13H,3-7,11-12,18H2,1-2H3. The largest absolute Gasteiger partial charge is 0.329 e. The molecule has 0 amide bonds. The van der Waals surface area contributed by atoms with Crippen LogP contribution in [-0.4, -0.2) is 29.0 Å². The highest BCUT2D eigenvalue weighted by atomic mass is 19.1. The van der Waals surface area contributed by atoms with Crippen molar-refractivity contribution in [2.75, 3.05) is 13.6 Å². The number of likely N-dealkylation sites (N-methyl/N-ethyl adjacent to an activating group) is 1. The van der Waals surface area contributed by atoms with Crippen LogP contribution in [0.5, 0.6) is 0 Å². The number of pyridine rings is 1. The van der Waals surface area contributed by atoms with Crippen molar-refractivity contribution in [3.05, 3.63) is 29.8 Å². The first-order valence-electron chi connectivity index (χ1n) is 7.60. The number of halogens is 1. The van der Waals surface area contributed by atoms with Crippen LogP contribution in [0.4, 0.5) is 4.39 Å². The normalized spacial score (nSPS) is 26.9. The number of aromatic nitrogens is 1. The van der Waals surface area contributed by atoms with Crippen LogP contribution in [0.25, 0.3) is 0 Å². The molecule has 0 spiro atoms. The lowest BCUT2D eigenvalue weighted by Crippen LogP contribution is -2.53. The molecule has 4 heteroatoms. The summed E-state index contributed by atoms with van der Waals surface area (Å²) in [5.74, 6) is 0.575. The highest BCUT2D eigenvalue weighted by Gasteiger charge is 2.37. The van der Waals surface area contributed by atoms with E-state index in [1.807, 2.05) is 0 Å². The van der Waals surface area contributed by atoms with E-state index in [4.69, 9.17) is 5.73 Å². The van der Waals surface area contributed by atoms with Crippen LogP contribution in [0.1, 0.15) is 44.6 Å². The maximum absolute atomic E-state index is 13.2. The molecular formula is C16H26FN3. The molecule has 1 aliphatic carbocycles. The Hall–Kier alpha value is -1.00.